The number of anilines is 2. The summed E-state index contributed by atoms with van der Waals surface area (Å²) in [6.07, 6.45) is 2.20. The van der Waals surface area contributed by atoms with Crippen molar-refractivity contribution in [3.05, 3.63) is 48.0 Å². The third-order valence-electron chi connectivity index (χ3n) is 4.82. The fourth-order valence-electron chi connectivity index (χ4n) is 3.22. The lowest BCUT2D eigenvalue weighted by molar-refractivity contribution is -0.122. The standard InChI is InChI=1S/C22H26N2O4S/c1-15-4-9-19(20(12-15)28-11-10-27-2)23-22(26)16-13-21(25)24(14-16)17-5-7-18(29-3)8-6-17/h4-9,12,16H,10-11,13-14H2,1-3H3,(H,23,26). The molecule has 1 aliphatic heterocycles. The lowest BCUT2D eigenvalue weighted by Gasteiger charge is -2.18. The first-order chi connectivity index (χ1) is 14.0. The van der Waals surface area contributed by atoms with Gasteiger partial charge < -0.3 is 19.7 Å². The molecule has 2 aromatic carbocycles. The Kier molecular flexibility index (Phi) is 7.17. The van der Waals surface area contributed by atoms with Gasteiger partial charge in [-0.25, -0.2) is 0 Å². The van der Waals surface area contributed by atoms with E-state index in [1.165, 1.54) is 0 Å². The van der Waals surface area contributed by atoms with Crippen LogP contribution in [0.25, 0.3) is 0 Å². The SMILES string of the molecule is COCCOc1cc(C)ccc1NC(=O)C1CC(=O)N(c2ccc(SC)cc2)C1. The summed E-state index contributed by atoms with van der Waals surface area (Å²) in [5, 5.41) is 2.93. The number of benzene rings is 2. The van der Waals surface area contributed by atoms with Crippen LogP contribution in [-0.4, -0.2) is 44.9 Å². The molecule has 2 aromatic rings. The summed E-state index contributed by atoms with van der Waals surface area (Å²) < 4.78 is 10.8. The van der Waals surface area contributed by atoms with Gasteiger partial charge >= 0.3 is 0 Å². The lowest BCUT2D eigenvalue weighted by atomic mass is 10.1. The smallest absolute Gasteiger partial charge is 0.229 e. The van der Waals surface area contributed by atoms with E-state index >= 15 is 0 Å². The summed E-state index contributed by atoms with van der Waals surface area (Å²) in [7, 11) is 1.61. The highest BCUT2D eigenvalue weighted by Gasteiger charge is 2.35. The number of aryl methyl sites for hydroxylation is 1. The third-order valence-corrected chi connectivity index (χ3v) is 5.56. The predicted octanol–water partition coefficient (Wildman–Crippen LogP) is 3.73. The van der Waals surface area contributed by atoms with E-state index in [4.69, 9.17) is 9.47 Å². The van der Waals surface area contributed by atoms with Crippen molar-refractivity contribution in [2.24, 2.45) is 5.92 Å². The minimum Gasteiger partial charge on any atom is -0.489 e. The maximum atomic E-state index is 12.8. The highest BCUT2D eigenvalue weighted by molar-refractivity contribution is 7.98. The van der Waals surface area contributed by atoms with Crippen LogP contribution in [0.2, 0.25) is 0 Å². The first-order valence-corrected chi connectivity index (χ1v) is 10.7. The van der Waals surface area contributed by atoms with Gasteiger partial charge in [-0.3, -0.25) is 9.59 Å². The predicted molar refractivity (Wildman–Crippen MR) is 116 cm³/mol. The summed E-state index contributed by atoms with van der Waals surface area (Å²) in [5.41, 5.74) is 2.46. The van der Waals surface area contributed by atoms with Crippen molar-refractivity contribution in [2.75, 3.05) is 43.3 Å². The van der Waals surface area contributed by atoms with Gasteiger partial charge in [-0.1, -0.05) is 6.07 Å². The molecular weight excluding hydrogens is 388 g/mol. The van der Waals surface area contributed by atoms with E-state index in [0.29, 0.717) is 31.2 Å². The van der Waals surface area contributed by atoms with Crippen LogP contribution in [0.3, 0.4) is 0 Å². The topological polar surface area (TPSA) is 67.9 Å². The molecule has 0 aromatic heterocycles. The second-order valence-corrected chi connectivity index (χ2v) is 7.81. The molecule has 0 saturated carbocycles. The van der Waals surface area contributed by atoms with E-state index in [2.05, 4.69) is 5.32 Å². The van der Waals surface area contributed by atoms with Gasteiger partial charge in [-0.2, -0.15) is 0 Å². The molecule has 29 heavy (non-hydrogen) atoms. The second-order valence-electron chi connectivity index (χ2n) is 6.93. The number of hydrogen-bond donors (Lipinski definition) is 1. The number of thioether (sulfide) groups is 1. The quantitative estimate of drug-likeness (QED) is 0.527. The van der Waals surface area contributed by atoms with Gasteiger partial charge in [0.05, 0.1) is 18.2 Å². The molecule has 0 bridgehead atoms. The first-order valence-electron chi connectivity index (χ1n) is 9.49. The Morgan fingerprint density at radius 2 is 1.97 bits per heavy atom. The third kappa shape index (κ3) is 5.31. The molecule has 2 amide bonds. The van der Waals surface area contributed by atoms with E-state index in [9.17, 15) is 9.59 Å². The Hall–Kier alpha value is -2.51. The largest absolute Gasteiger partial charge is 0.489 e. The van der Waals surface area contributed by atoms with Gasteiger partial charge in [-0.15, -0.1) is 11.8 Å². The van der Waals surface area contributed by atoms with Crippen molar-refractivity contribution < 1.29 is 19.1 Å². The van der Waals surface area contributed by atoms with Crippen molar-refractivity contribution in [1.29, 1.82) is 0 Å². The molecule has 7 heteroatoms. The number of methoxy groups -OCH3 is 1. The Balaban J connectivity index is 1.67. The molecule has 1 saturated heterocycles. The van der Waals surface area contributed by atoms with Crippen molar-refractivity contribution in [2.45, 2.75) is 18.2 Å². The Morgan fingerprint density at radius 3 is 2.66 bits per heavy atom. The average molecular weight is 415 g/mol. The molecule has 154 valence electrons. The number of hydrogen-bond acceptors (Lipinski definition) is 5. The number of nitrogens with zero attached hydrogens (tertiary/aromatic N) is 1. The molecule has 0 radical (unpaired) electrons. The fraction of sp³-hybridized carbons (Fsp3) is 0.364. The highest BCUT2D eigenvalue weighted by atomic mass is 32.2. The van der Waals surface area contributed by atoms with Gasteiger partial charge in [0.25, 0.3) is 0 Å². The van der Waals surface area contributed by atoms with Crippen LogP contribution in [0.15, 0.2) is 47.4 Å². The van der Waals surface area contributed by atoms with E-state index < -0.39 is 5.92 Å². The summed E-state index contributed by atoms with van der Waals surface area (Å²) >= 11 is 1.65. The normalized spacial score (nSPS) is 16.2. The number of amides is 2. The molecule has 1 atom stereocenters. The van der Waals surface area contributed by atoms with Gasteiger partial charge in [0.1, 0.15) is 12.4 Å². The van der Waals surface area contributed by atoms with E-state index in [1.807, 2.05) is 55.6 Å². The van der Waals surface area contributed by atoms with Gasteiger partial charge in [0.2, 0.25) is 11.8 Å². The van der Waals surface area contributed by atoms with Crippen LogP contribution < -0.4 is 15.0 Å². The second kappa shape index (κ2) is 9.80. The molecule has 3 rings (SSSR count). The zero-order chi connectivity index (χ0) is 20.8. The molecule has 6 nitrogen and oxygen atoms in total. The van der Waals surface area contributed by atoms with Crippen LogP contribution >= 0.6 is 11.8 Å². The molecule has 1 unspecified atom stereocenters. The number of carbonyl (C=O) groups is 2. The molecule has 0 spiro atoms. The van der Waals surface area contributed by atoms with Crippen molar-refractivity contribution in [1.82, 2.24) is 0 Å². The van der Waals surface area contributed by atoms with Crippen LogP contribution in [0, 0.1) is 12.8 Å². The molecular formula is C22H26N2O4S. The van der Waals surface area contributed by atoms with Crippen LogP contribution in [-0.2, 0) is 14.3 Å². The summed E-state index contributed by atoms with van der Waals surface area (Å²) in [6.45, 7) is 3.19. The zero-order valence-corrected chi connectivity index (χ0v) is 17.8. The minimum atomic E-state index is -0.407. The van der Waals surface area contributed by atoms with Crippen molar-refractivity contribution in [3.8, 4) is 5.75 Å². The summed E-state index contributed by atoms with van der Waals surface area (Å²) in [4.78, 5) is 28.1. The van der Waals surface area contributed by atoms with E-state index in [-0.39, 0.29) is 18.2 Å². The monoisotopic (exact) mass is 414 g/mol. The maximum Gasteiger partial charge on any atom is 0.229 e. The molecule has 1 N–H and O–H groups in total. The van der Waals surface area contributed by atoms with Crippen LogP contribution in [0.4, 0.5) is 11.4 Å². The van der Waals surface area contributed by atoms with E-state index in [1.54, 1.807) is 23.8 Å². The Morgan fingerprint density at radius 1 is 1.21 bits per heavy atom. The van der Waals surface area contributed by atoms with E-state index in [0.717, 1.165) is 16.1 Å². The Bertz CT molecular complexity index is 870. The average Bonchev–Trinajstić information content (AvgIpc) is 3.12. The molecule has 1 heterocycles. The van der Waals surface area contributed by atoms with Crippen LogP contribution in [0.1, 0.15) is 12.0 Å². The number of ether oxygens (including phenoxy) is 2. The van der Waals surface area contributed by atoms with Crippen LogP contribution in [0.5, 0.6) is 5.75 Å². The summed E-state index contributed by atoms with van der Waals surface area (Å²) in [6, 6.07) is 13.4. The molecule has 0 aliphatic carbocycles. The number of nitrogens with one attached hydrogen (secondary N) is 1. The highest BCUT2D eigenvalue weighted by Crippen LogP contribution is 2.30. The van der Waals surface area contributed by atoms with Gasteiger partial charge in [0, 0.05) is 30.7 Å². The summed E-state index contributed by atoms with van der Waals surface area (Å²) in [5.74, 6) is -0.0235. The van der Waals surface area contributed by atoms with Crippen molar-refractivity contribution in [3.63, 3.8) is 0 Å². The van der Waals surface area contributed by atoms with Crippen molar-refractivity contribution >= 4 is 35.0 Å². The lowest BCUT2D eigenvalue weighted by Crippen LogP contribution is -2.28. The fourth-order valence-corrected chi connectivity index (χ4v) is 3.63. The van der Waals surface area contributed by atoms with Gasteiger partial charge in [0.15, 0.2) is 0 Å². The number of carbonyl (C=O) groups excluding carboxylic acids is 2. The zero-order valence-electron chi connectivity index (χ0n) is 16.9. The number of rotatable bonds is 8. The Labute approximate surface area is 175 Å². The first kappa shape index (κ1) is 21.2. The molecule has 1 fully saturated rings. The maximum absolute atomic E-state index is 12.8. The minimum absolute atomic E-state index is 0.0393. The molecule has 1 aliphatic rings. The van der Waals surface area contributed by atoms with Gasteiger partial charge in [-0.05, 0) is 55.1 Å².